The number of carbonyl (C=O) groups is 2. The summed E-state index contributed by atoms with van der Waals surface area (Å²) in [5.74, 6) is 0.381. The Kier molecular flexibility index (Phi) is 5.60. The summed E-state index contributed by atoms with van der Waals surface area (Å²) in [6.07, 6.45) is 3.42. The molecule has 0 aliphatic heterocycles. The van der Waals surface area contributed by atoms with Crippen LogP contribution in [0.1, 0.15) is 28.7 Å². The number of nitrogens with zero attached hydrogens (tertiary/aromatic N) is 5. The van der Waals surface area contributed by atoms with Gasteiger partial charge in [0.05, 0.1) is 18.2 Å². The molecule has 4 rings (SSSR count). The van der Waals surface area contributed by atoms with E-state index in [4.69, 9.17) is 4.74 Å². The van der Waals surface area contributed by atoms with Crippen LogP contribution in [-0.2, 0) is 18.4 Å². The molecule has 0 aliphatic rings. The van der Waals surface area contributed by atoms with Gasteiger partial charge in [0.2, 0.25) is 11.7 Å². The molecule has 0 spiro atoms. The number of ether oxygens (including phenoxy) is 1. The third kappa shape index (κ3) is 3.72. The van der Waals surface area contributed by atoms with Gasteiger partial charge in [0, 0.05) is 48.5 Å². The summed E-state index contributed by atoms with van der Waals surface area (Å²) in [7, 11) is 3.36. The minimum atomic E-state index is -0.174. The van der Waals surface area contributed by atoms with Crippen LogP contribution in [0.2, 0.25) is 0 Å². The van der Waals surface area contributed by atoms with Crippen molar-refractivity contribution in [2.45, 2.75) is 20.4 Å². The zero-order chi connectivity index (χ0) is 22.1. The van der Waals surface area contributed by atoms with Crippen molar-refractivity contribution in [3.8, 4) is 5.75 Å². The van der Waals surface area contributed by atoms with E-state index in [1.165, 1.54) is 11.3 Å². The number of carbonyl (C=O) groups excluding carboxylic acids is 2. The number of aryl methyl sites for hydroxylation is 1. The summed E-state index contributed by atoms with van der Waals surface area (Å²) >= 11 is 1.42. The second-order valence-electron chi connectivity index (χ2n) is 7.09. The number of benzene rings is 1. The van der Waals surface area contributed by atoms with E-state index in [1.807, 2.05) is 42.0 Å². The Bertz CT molecular complexity index is 1260. The Hall–Kier alpha value is -3.46. The van der Waals surface area contributed by atoms with Crippen LogP contribution in [0, 0.1) is 6.92 Å². The lowest BCUT2D eigenvalue weighted by atomic mass is 10.0. The molecule has 1 amide bonds. The number of thiazole rings is 1. The summed E-state index contributed by atoms with van der Waals surface area (Å²) < 4.78 is 8.86. The number of aromatic nitrogens is 4. The molecule has 0 unspecified atom stereocenters. The number of anilines is 1. The summed E-state index contributed by atoms with van der Waals surface area (Å²) in [4.78, 5) is 32.4. The first kappa shape index (κ1) is 20.8. The number of rotatable bonds is 7. The molecule has 9 heteroatoms. The van der Waals surface area contributed by atoms with E-state index >= 15 is 0 Å². The number of fused-ring (bicyclic) bond motifs is 1. The normalized spacial score (nSPS) is 11.1. The SMILES string of the molecule is CCN(C(=O)Cn1c(C)c(C(=O)c2ccn(C)n2)c2ccc(OC)cc21)c1nccs1. The van der Waals surface area contributed by atoms with Gasteiger partial charge in [0.1, 0.15) is 18.0 Å². The topological polar surface area (TPSA) is 82.2 Å². The first-order chi connectivity index (χ1) is 14.9. The fraction of sp³-hybridized carbons (Fsp3) is 0.273. The van der Waals surface area contributed by atoms with Crippen LogP contribution in [0.5, 0.6) is 5.75 Å². The van der Waals surface area contributed by atoms with Crippen molar-refractivity contribution < 1.29 is 14.3 Å². The number of ketones is 1. The van der Waals surface area contributed by atoms with Crippen LogP contribution in [0.15, 0.2) is 42.0 Å². The number of methoxy groups -OCH3 is 1. The van der Waals surface area contributed by atoms with Gasteiger partial charge in [-0.3, -0.25) is 19.2 Å². The van der Waals surface area contributed by atoms with Crippen molar-refractivity contribution in [1.82, 2.24) is 19.3 Å². The molecular weight excluding hydrogens is 414 g/mol. The third-order valence-electron chi connectivity index (χ3n) is 5.27. The second-order valence-corrected chi connectivity index (χ2v) is 7.96. The van der Waals surface area contributed by atoms with Crippen LogP contribution in [0.3, 0.4) is 0 Å². The minimum Gasteiger partial charge on any atom is -0.497 e. The van der Waals surface area contributed by atoms with Crippen LogP contribution in [0.4, 0.5) is 5.13 Å². The quantitative estimate of drug-likeness (QED) is 0.414. The fourth-order valence-electron chi connectivity index (χ4n) is 3.73. The maximum atomic E-state index is 13.3. The predicted molar refractivity (Wildman–Crippen MR) is 120 cm³/mol. The van der Waals surface area contributed by atoms with Gasteiger partial charge in [-0.15, -0.1) is 11.3 Å². The Morgan fingerprint density at radius 3 is 2.68 bits per heavy atom. The molecule has 0 saturated heterocycles. The summed E-state index contributed by atoms with van der Waals surface area (Å²) in [6, 6.07) is 7.22. The van der Waals surface area contributed by atoms with Crippen LogP contribution in [0.25, 0.3) is 10.9 Å². The van der Waals surface area contributed by atoms with Gasteiger partial charge in [0.15, 0.2) is 5.13 Å². The highest BCUT2D eigenvalue weighted by atomic mass is 32.1. The van der Waals surface area contributed by atoms with Crippen LogP contribution < -0.4 is 9.64 Å². The molecule has 160 valence electrons. The van der Waals surface area contributed by atoms with Gasteiger partial charge in [-0.1, -0.05) is 0 Å². The van der Waals surface area contributed by atoms with Crippen molar-refractivity contribution in [2.75, 3.05) is 18.6 Å². The highest BCUT2D eigenvalue weighted by Crippen LogP contribution is 2.31. The molecule has 4 aromatic rings. The fourth-order valence-corrected chi connectivity index (χ4v) is 4.45. The Morgan fingerprint density at radius 1 is 1.26 bits per heavy atom. The van der Waals surface area contributed by atoms with Crippen molar-refractivity contribution in [1.29, 1.82) is 0 Å². The monoisotopic (exact) mass is 437 g/mol. The lowest BCUT2D eigenvalue weighted by Crippen LogP contribution is -2.33. The molecule has 3 aromatic heterocycles. The van der Waals surface area contributed by atoms with Crippen molar-refractivity contribution in [3.63, 3.8) is 0 Å². The van der Waals surface area contributed by atoms with Gasteiger partial charge in [-0.05, 0) is 32.0 Å². The predicted octanol–water partition coefficient (Wildman–Crippen LogP) is 3.43. The van der Waals surface area contributed by atoms with Gasteiger partial charge >= 0.3 is 0 Å². The molecule has 0 bridgehead atoms. The van der Waals surface area contributed by atoms with Gasteiger partial charge in [-0.2, -0.15) is 5.10 Å². The summed E-state index contributed by atoms with van der Waals surface area (Å²) in [5, 5.41) is 7.53. The average molecular weight is 438 g/mol. The molecular formula is C22H23N5O3S. The van der Waals surface area contributed by atoms with Gasteiger partial charge in [-0.25, -0.2) is 4.98 Å². The van der Waals surface area contributed by atoms with E-state index < -0.39 is 0 Å². The van der Waals surface area contributed by atoms with E-state index in [0.717, 1.165) is 10.9 Å². The molecule has 8 nitrogen and oxygen atoms in total. The second kappa shape index (κ2) is 8.35. The average Bonchev–Trinajstić information content (AvgIpc) is 3.49. The summed E-state index contributed by atoms with van der Waals surface area (Å²) in [6.45, 7) is 4.36. The number of amides is 1. The maximum Gasteiger partial charge on any atom is 0.248 e. The first-order valence-corrected chi connectivity index (χ1v) is 10.7. The lowest BCUT2D eigenvalue weighted by molar-refractivity contribution is -0.119. The molecule has 1 aromatic carbocycles. The third-order valence-corrected chi connectivity index (χ3v) is 6.06. The van der Waals surface area contributed by atoms with Crippen molar-refractivity contribution in [3.05, 3.63) is 59.0 Å². The maximum absolute atomic E-state index is 13.3. The first-order valence-electron chi connectivity index (χ1n) is 9.85. The van der Waals surface area contributed by atoms with Crippen LogP contribution >= 0.6 is 11.3 Å². The highest BCUT2D eigenvalue weighted by Gasteiger charge is 2.25. The molecule has 0 N–H and O–H groups in total. The molecule has 0 radical (unpaired) electrons. The number of likely N-dealkylation sites (N-methyl/N-ethyl adjacent to an activating group) is 1. The van der Waals surface area contributed by atoms with Crippen molar-refractivity contribution in [2.24, 2.45) is 7.05 Å². The molecule has 0 fully saturated rings. The minimum absolute atomic E-state index is 0.0818. The Balaban J connectivity index is 1.81. The van der Waals surface area contributed by atoms with Crippen molar-refractivity contribution >= 4 is 39.1 Å². The van der Waals surface area contributed by atoms with E-state index in [0.29, 0.717) is 34.4 Å². The van der Waals surface area contributed by atoms with E-state index in [-0.39, 0.29) is 18.2 Å². The molecule has 0 saturated carbocycles. The van der Waals surface area contributed by atoms with E-state index in [2.05, 4.69) is 10.1 Å². The molecule has 0 aliphatic carbocycles. The van der Waals surface area contributed by atoms with Gasteiger partial charge in [0.25, 0.3) is 0 Å². The van der Waals surface area contributed by atoms with E-state index in [9.17, 15) is 9.59 Å². The molecule has 3 heterocycles. The summed E-state index contributed by atoms with van der Waals surface area (Å²) in [5.41, 5.74) is 2.38. The number of hydrogen-bond donors (Lipinski definition) is 0. The number of hydrogen-bond acceptors (Lipinski definition) is 6. The Labute approximate surface area is 183 Å². The highest BCUT2D eigenvalue weighted by molar-refractivity contribution is 7.13. The van der Waals surface area contributed by atoms with E-state index in [1.54, 1.807) is 42.2 Å². The zero-order valence-electron chi connectivity index (χ0n) is 17.8. The van der Waals surface area contributed by atoms with Gasteiger partial charge < -0.3 is 9.30 Å². The molecule has 31 heavy (non-hydrogen) atoms. The smallest absolute Gasteiger partial charge is 0.248 e. The standard InChI is InChI=1S/C22H23N5O3S/c1-5-26(22-23-9-11-31-22)19(28)13-27-14(2)20(21(29)17-8-10-25(3)24-17)16-7-6-15(30-4)12-18(16)27/h6-12H,5,13H2,1-4H3. The molecule has 0 atom stereocenters. The lowest BCUT2D eigenvalue weighted by Gasteiger charge is -2.19. The van der Waals surface area contributed by atoms with Crippen LogP contribution in [-0.4, -0.2) is 44.7 Å². The zero-order valence-corrected chi connectivity index (χ0v) is 18.6. The largest absolute Gasteiger partial charge is 0.497 e. The Morgan fingerprint density at radius 2 is 2.06 bits per heavy atom.